The molecule has 4 rings (SSSR count). The molecule has 172 valence electrons. The predicted molar refractivity (Wildman–Crippen MR) is 130 cm³/mol. The molecule has 0 bridgehead atoms. The summed E-state index contributed by atoms with van der Waals surface area (Å²) in [5, 5.41) is 0.870. The Hall–Kier alpha value is -3.69. The lowest BCUT2D eigenvalue weighted by molar-refractivity contribution is 0.0514. The van der Waals surface area contributed by atoms with Crippen molar-refractivity contribution in [1.29, 1.82) is 0 Å². The number of nitrogens with zero attached hydrogens (tertiary/aromatic N) is 5. The molecule has 0 aliphatic carbocycles. The largest absolute Gasteiger partial charge is 0.497 e. The number of aromatic nitrogens is 4. The molecule has 3 aromatic heterocycles. The molecule has 1 aromatic carbocycles. The molecule has 10 heteroatoms. The summed E-state index contributed by atoms with van der Waals surface area (Å²) in [7, 11) is 7.19. The smallest absolute Gasteiger partial charge is 0.355 e. The number of carbonyl (C=O) groups is 1. The molecule has 0 unspecified atom stereocenters. The number of hydrogen-bond acceptors (Lipinski definition) is 7. The van der Waals surface area contributed by atoms with Gasteiger partial charge in [-0.05, 0) is 32.0 Å². The molecule has 0 fully saturated rings. The maximum absolute atomic E-state index is 12.6. The van der Waals surface area contributed by atoms with E-state index in [9.17, 15) is 4.79 Å². The van der Waals surface area contributed by atoms with Crippen molar-refractivity contribution in [3.8, 4) is 11.5 Å². The van der Waals surface area contributed by atoms with Crippen LogP contribution in [-0.2, 0) is 24.9 Å². The number of imidazole rings is 1. The highest BCUT2D eigenvalue weighted by atomic mass is 16.5. The maximum atomic E-state index is 12.6. The van der Waals surface area contributed by atoms with Crippen LogP contribution in [0.3, 0.4) is 0 Å². The predicted octanol–water partition coefficient (Wildman–Crippen LogP) is 2.69. The lowest BCUT2D eigenvalue weighted by Crippen LogP contribution is -2.21. The summed E-state index contributed by atoms with van der Waals surface area (Å²) in [6.07, 6.45) is 1.77. The number of benzene rings is 1. The third kappa shape index (κ3) is 3.86. The van der Waals surface area contributed by atoms with Gasteiger partial charge in [0.05, 0.1) is 32.7 Å². The fourth-order valence-corrected chi connectivity index (χ4v) is 4.17. The molecule has 0 spiro atoms. The Labute approximate surface area is 193 Å². The van der Waals surface area contributed by atoms with E-state index in [-0.39, 0.29) is 5.97 Å². The van der Waals surface area contributed by atoms with E-state index in [1.54, 1.807) is 27.5 Å². The van der Waals surface area contributed by atoms with E-state index in [2.05, 4.69) is 4.98 Å². The quantitative estimate of drug-likeness (QED) is 0.302. The zero-order valence-electron chi connectivity index (χ0n) is 19.9. The zero-order valence-corrected chi connectivity index (χ0v) is 19.9. The minimum Gasteiger partial charge on any atom is -0.497 e. The van der Waals surface area contributed by atoms with Gasteiger partial charge in [-0.15, -0.1) is 0 Å². The highest BCUT2D eigenvalue weighted by Crippen LogP contribution is 2.34. The van der Waals surface area contributed by atoms with Crippen LogP contribution >= 0.6 is 0 Å². The second-order valence-corrected chi connectivity index (χ2v) is 7.75. The van der Waals surface area contributed by atoms with Gasteiger partial charge in [-0.3, -0.25) is 0 Å². The third-order valence-electron chi connectivity index (χ3n) is 5.75. The van der Waals surface area contributed by atoms with Crippen molar-refractivity contribution in [2.24, 2.45) is 7.05 Å². The minimum atomic E-state index is -0.356. The van der Waals surface area contributed by atoms with Crippen LogP contribution in [0, 0.1) is 0 Å². The summed E-state index contributed by atoms with van der Waals surface area (Å²) in [4.78, 5) is 24.3. The molecule has 33 heavy (non-hydrogen) atoms. The lowest BCUT2D eigenvalue weighted by atomic mass is 10.1. The standard InChI is InChI=1S/C23H28BN5O4/c1-6-28-17(23(30)33-7-2)11-16-20-19(25-13-27(20)3)22(26-21(16)28)29(24)12-14-8-9-15(31-4)10-18(14)32-5/h8-11,13H,6-7,12,24H2,1-5H3. The molecule has 0 atom stereocenters. The van der Waals surface area contributed by atoms with Crippen molar-refractivity contribution in [2.75, 3.05) is 25.6 Å². The van der Waals surface area contributed by atoms with Crippen molar-refractivity contribution >= 4 is 41.8 Å². The summed E-state index contributed by atoms with van der Waals surface area (Å²) >= 11 is 0. The van der Waals surface area contributed by atoms with E-state index in [0.717, 1.165) is 44.9 Å². The Morgan fingerprint density at radius 3 is 2.64 bits per heavy atom. The monoisotopic (exact) mass is 449 g/mol. The zero-order chi connectivity index (χ0) is 23.7. The lowest BCUT2D eigenvalue weighted by Gasteiger charge is -2.21. The van der Waals surface area contributed by atoms with Gasteiger partial charge in [0.2, 0.25) is 7.98 Å². The second kappa shape index (κ2) is 9.05. The summed E-state index contributed by atoms with van der Waals surface area (Å²) in [5.74, 6) is 1.84. The molecule has 4 aromatic rings. The van der Waals surface area contributed by atoms with Crippen molar-refractivity contribution in [1.82, 2.24) is 19.1 Å². The van der Waals surface area contributed by atoms with Gasteiger partial charge in [-0.2, -0.15) is 0 Å². The highest BCUT2D eigenvalue weighted by molar-refractivity contribution is 6.21. The van der Waals surface area contributed by atoms with Gasteiger partial charge < -0.3 is 28.2 Å². The fourth-order valence-electron chi connectivity index (χ4n) is 4.17. The summed E-state index contributed by atoms with van der Waals surface area (Å²) in [5.41, 5.74) is 3.89. The van der Waals surface area contributed by atoms with Gasteiger partial charge in [0.15, 0.2) is 0 Å². The fraction of sp³-hybridized carbons (Fsp3) is 0.348. The van der Waals surface area contributed by atoms with Gasteiger partial charge in [0, 0.05) is 37.2 Å². The number of carbonyl (C=O) groups excluding carboxylic acids is 1. The number of fused-ring (bicyclic) bond motifs is 3. The Morgan fingerprint density at radius 2 is 1.97 bits per heavy atom. The Bertz CT molecular complexity index is 1330. The highest BCUT2D eigenvalue weighted by Gasteiger charge is 2.23. The van der Waals surface area contributed by atoms with Crippen LogP contribution < -0.4 is 14.3 Å². The van der Waals surface area contributed by atoms with Gasteiger partial charge in [-0.1, -0.05) is 0 Å². The summed E-state index contributed by atoms with van der Waals surface area (Å²) in [6, 6.07) is 7.61. The van der Waals surface area contributed by atoms with Gasteiger partial charge >= 0.3 is 5.97 Å². The average Bonchev–Trinajstić information content (AvgIpc) is 3.39. The first kappa shape index (κ1) is 22.5. The normalized spacial score (nSPS) is 11.2. The van der Waals surface area contributed by atoms with Gasteiger partial charge in [-0.25, -0.2) is 14.8 Å². The SMILES string of the molecule is BN(Cc1ccc(OC)cc1OC)c1nc2c(cc(C(=O)OCC)n2CC)c2c1ncn2C. The molecule has 0 aliphatic heterocycles. The van der Waals surface area contributed by atoms with Crippen LogP contribution in [0.5, 0.6) is 11.5 Å². The van der Waals surface area contributed by atoms with E-state index in [1.165, 1.54) is 0 Å². The van der Waals surface area contributed by atoms with Crippen molar-refractivity contribution in [3.05, 3.63) is 41.9 Å². The molecule has 9 nitrogen and oxygen atoms in total. The Morgan fingerprint density at radius 1 is 1.18 bits per heavy atom. The maximum Gasteiger partial charge on any atom is 0.355 e. The minimum absolute atomic E-state index is 0.316. The third-order valence-corrected chi connectivity index (χ3v) is 5.75. The van der Waals surface area contributed by atoms with Crippen molar-refractivity contribution in [3.63, 3.8) is 0 Å². The first-order valence-corrected chi connectivity index (χ1v) is 10.9. The van der Waals surface area contributed by atoms with Crippen LogP contribution in [0.4, 0.5) is 5.82 Å². The van der Waals surface area contributed by atoms with Gasteiger partial charge in [0.1, 0.15) is 34.2 Å². The Balaban J connectivity index is 1.86. The average molecular weight is 449 g/mol. The van der Waals surface area contributed by atoms with Crippen molar-refractivity contribution < 1.29 is 19.0 Å². The van der Waals surface area contributed by atoms with Crippen LogP contribution in [0.2, 0.25) is 0 Å². The topological polar surface area (TPSA) is 83.6 Å². The summed E-state index contributed by atoms with van der Waals surface area (Å²) < 4.78 is 20.0. The number of hydrogen-bond donors (Lipinski definition) is 0. The first-order valence-electron chi connectivity index (χ1n) is 10.9. The second-order valence-electron chi connectivity index (χ2n) is 7.75. The Kier molecular flexibility index (Phi) is 6.17. The van der Waals surface area contributed by atoms with E-state index in [1.807, 2.05) is 60.2 Å². The van der Waals surface area contributed by atoms with Gasteiger partial charge in [0.25, 0.3) is 0 Å². The number of aryl methyl sites for hydroxylation is 2. The number of anilines is 1. The molecule has 0 N–H and O–H groups in total. The van der Waals surface area contributed by atoms with Crippen molar-refractivity contribution in [2.45, 2.75) is 26.9 Å². The molecule has 0 saturated carbocycles. The molecule has 0 aliphatic rings. The molecule has 0 saturated heterocycles. The van der Waals surface area contributed by atoms with Crippen LogP contribution in [0.25, 0.3) is 22.1 Å². The van der Waals surface area contributed by atoms with Crippen LogP contribution in [0.1, 0.15) is 29.9 Å². The molecular formula is C23H28BN5O4. The van der Waals surface area contributed by atoms with Crippen LogP contribution in [-0.4, -0.2) is 53.9 Å². The number of esters is 1. The first-order chi connectivity index (χ1) is 15.9. The number of ether oxygens (including phenoxy) is 3. The van der Waals surface area contributed by atoms with E-state index in [4.69, 9.17) is 19.2 Å². The number of rotatable bonds is 8. The number of pyridine rings is 1. The molecule has 0 amide bonds. The number of methoxy groups -OCH3 is 2. The van der Waals surface area contributed by atoms with E-state index >= 15 is 0 Å². The van der Waals surface area contributed by atoms with Crippen LogP contribution in [0.15, 0.2) is 30.6 Å². The van der Waals surface area contributed by atoms with E-state index < -0.39 is 0 Å². The molecular weight excluding hydrogens is 421 g/mol. The summed E-state index contributed by atoms with van der Waals surface area (Å²) in [6.45, 7) is 5.24. The van der Waals surface area contributed by atoms with E-state index in [0.29, 0.717) is 25.4 Å². The molecule has 3 heterocycles. The molecule has 0 radical (unpaired) electrons.